The van der Waals surface area contributed by atoms with Crippen LogP contribution in [0.1, 0.15) is 32.1 Å². The summed E-state index contributed by atoms with van der Waals surface area (Å²) in [7, 11) is 0. The number of benzene rings is 1. The van der Waals surface area contributed by atoms with Crippen LogP contribution in [0.5, 0.6) is 0 Å². The smallest absolute Gasteiger partial charge is 0.276 e. The zero-order valence-electron chi connectivity index (χ0n) is 11.8. The summed E-state index contributed by atoms with van der Waals surface area (Å²) in [6.45, 7) is 3.98. The highest BCUT2D eigenvalue weighted by Crippen LogP contribution is 2.21. The molecule has 112 valence electrons. The van der Waals surface area contributed by atoms with Crippen LogP contribution >= 0.6 is 23.4 Å². The van der Waals surface area contributed by atoms with E-state index in [2.05, 4.69) is 15.5 Å². The van der Waals surface area contributed by atoms with Crippen molar-refractivity contribution in [3.8, 4) is 0 Å². The molecule has 1 N–H and O–H groups in total. The summed E-state index contributed by atoms with van der Waals surface area (Å²) in [5, 5.41) is 11.8. The minimum atomic E-state index is -0.0616. The molecule has 1 aromatic carbocycles. The van der Waals surface area contributed by atoms with Crippen LogP contribution in [-0.2, 0) is 4.79 Å². The predicted molar refractivity (Wildman–Crippen MR) is 83.8 cm³/mol. The normalized spacial score (nSPS) is 10.9. The monoisotopic (exact) mass is 325 g/mol. The molecule has 7 heteroatoms. The number of carbonyl (C=O) groups excluding carboxylic acids is 1. The zero-order chi connectivity index (χ0) is 15.2. The van der Waals surface area contributed by atoms with Gasteiger partial charge in [-0.15, -0.1) is 10.2 Å². The number of aromatic nitrogens is 2. The van der Waals surface area contributed by atoms with Gasteiger partial charge in [0, 0.05) is 28.8 Å². The first-order chi connectivity index (χ1) is 10.0. The van der Waals surface area contributed by atoms with Gasteiger partial charge in [0.15, 0.2) is 0 Å². The molecule has 0 unspecified atom stereocenters. The molecule has 1 amide bonds. The number of hydrogen-bond acceptors (Lipinski definition) is 5. The fraction of sp³-hybridized carbons (Fsp3) is 0.357. The van der Waals surface area contributed by atoms with Gasteiger partial charge in [-0.2, -0.15) is 0 Å². The second-order valence-electron chi connectivity index (χ2n) is 4.71. The van der Waals surface area contributed by atoms with E-state index in [0.717, 1.165) is 5.69 Å². The predicted octanol–water partition coefficient (Wildman–Crippen LogP) is 3.97. The lowest BCUT2D eigenvalue weighted by atomic mass is 10.2. The van der Waals surface area contributed by atoms with Crippen LogP contribution in [0.15, 0.2) is 33.9 Å². The molecular formula is C14H16ClN3O2S. The van der Waals surface area contributed by atoms with E-state index in [1.165, 1.54) is 11.8 Å². The molecule has 2 rings (SSSR count). The Morgan fingerprint density at radius 2 is 2.05 bits per heavy atom. The van der Waals surface area contributed by atoms with Crippen LogP contribution in [0.4, 0.5) is 5.69 Å². The molecule has 1 aromatic heterocycles. The number of nitrogens with zero attached hydrogens (tertiary/aromatic N) is 2. The van der Waals surface area contributed by atoms with E-state index in [1.807, 2.05) is 13.8 Å². The average molecular weight is 326 g/mol. The van der Waals surface area contributed by atoms with Crippen molar-refractivity contribution >= 4 is 35.0 Å². The van der Waals surface area contributed by atoms with Gasteiger partial charge in [-0.25, -0.2) is 0 Å². The number of rotatable bonds is 6. The second-order valence-corrected chi connectivity index (χ2v) is 6.20. The van der Waals surface area contributed by atoms with Crippen molar-refractivity contribution in [1.82, 2.24) is 10.2 Å². The van der Waals surface area contributed by atoms with Crippen molar-refractivity contribution in [2.75, 3.05) is 11.1 Å². The SMILES string of the molecule is CC(C)c1nnc(SCCC(=O)Nc2ccc(Cl)cc2)o1. The number of thioether (sulfide) groups is 1. The Kier molecular flexibility index (Phi) is 5.64. The minimum Gasteiger partial charge on any atom is -0.416 e. The van der Waals surface area contributed by atoms with Crippen LogP contribution in [0.2, 0.25) is 5.02 Å². The maximum absolute atomic E-state index is 11.8. The molecule has 0 bridgehead atoms. The summed E-state index contributed by atoms with van der Waals surface area (Å²) < 4.78 is 5.45. The van der Waals surface area contributed by atoms with E-state index < -0.39 is 0 Å². The summed E-state index contributed by atoms with van der Waals surface area (Å²) in [5.41, 5.74) is 0.731. The maximum Gasteiger partial charge on any atom is 0.276 e. The third kappa shape index (κ3) is 5.06. The van der Waals surface area contributed by atoms with Gasteiger partial charge in [0.05, 0.1) is 0 Å². The van der Waals surface area contributed by atoms with Crippen LogP contribution in [-0.4, -0.2) is 21.9 Å². The molecule has 0 aliphatic rings. The van der Waals surface area contributed by atoms with Crippen molar-refractivity contribution < 1.29 is 9.21 Å². The van der Waals surface area contributed by atoms with Gasteiger partial charge in [0.1, 0.15) is 0 Å². The highest BCUT2D eigenvalue weighted by molar-refractivity contribution is 7.99. The van der Waals surface area contributed by atoms with E-state index in [9.17, 15) is 4.79 Å². The lowest BCUT2D eigenvalue weighted by molar-refractivity contribution is -0.115. The van der Waals surface area contributed by atoms with Gasteiger partial charge in [0.2, 0.25) is 11.8 Å². The van der Waals surface area contributed by atoms with E-state index in [1.54, 1.807) is 24.3 Å². The molecule has 0 atom stereocenters. The van der Waals surface area contributed by atoms with Crippen molar-refractivity contribution in [2.45, 2.75) is 31.4 Å². The molecule has 0 saturated heterocycles. The van der Waals surface area contributed by atoms with Crippen LogP contribution < -0.4 is 5.32 Å². The maximum atomic E-state index is 11.8. The summed E-state index contributed by atoms with van der Waals surface area (Å²) in [6.07, 6.45) is 0.368. The molecule has 0 radical (unpaired) electrons. The third-order valence-electron chi connectivity index (χ3n) is 2.60. The molecule has 1 heterocycles. The number of hydrogen-bond donors (Lipinski definition) is 1. The van der Waals surface area contributed by atoms with Gasteiger partial charge in [-0.1, -0.05) is 37.2 Å². The minimum absolute atomic E-state index is 0.0616. The van der Waals surface area contributed by atoms with Crippen LogP contribution in [0, 0.1) is 0 Å². The lowest BCUT2D eigenvalue weighted by Gasteiger charge is -2.04. The summed E-state index contributed by atoms with van der Waals surface area (Å²) >= 11 is 7.16. The molecule has 0 aliphatic heterocycles. The Hall–Kier alpha value is -1.53. The Labute approximate surface area is 132 Å². The van der Waals surface area contributed by atoms with E-state index in [0.29, 0.717) is 28.3 Å². The molecule has 0 aliphatic carbocycles. The van der Waals surface area contributed by atoms with Crippen LogP contribution in [0.3, 0.4) is 0 Å². The Bertz CT molecular complexity index is 599. The number of anilines is 1. The standard InChI is InChI=1S/C14H16ClN3O2S/c1-9(2)13-17-18-14(20-13)21-8-7-12(19)16-11-5-3-10(15)4-6-11/h3-6,9H,7-8H2,1-2H3,(H,16,19). The van der Waals surface area contributed by atoms with Gasteiger partial charge >= 0.3 is 0 Å². The molecule has 21 heavy (non-hydrogen) atoms. The fourth-order valence-electron chi connectivity index (χ4n) is 1.50. The Morgan fingerprint density at radius 3 is 2.67 bits per heavy atom. The summed E-state index contributed by atoms with van der Waals surface area (Å²) in [5.74, 6) is 1.34. The molecule has 0 spiro atoms. The molecule has 5 nitrogen and oxygen atoms in total. The van der Waals surface area contributed by atoms with Crippen molar-refractivity contribution in [3.05, 3.63) is 35.2 Å². The first-order valence-electron chi connectivity index (χ1n) is 6.56. The van der Waals surface area contributed by atoms with Crippen LogP contribution in [0.25, 0.3) is 0 Å². The van der Waals surface area contributed by atoms with Crippen molar-refractivity contribution in [1.29, 1.82) is 0 Å². The topological polar surface area (TPSA) is 68.0 Å². The Morgan fingerprint density at radius 1 is 1.33 bits per heavy atom. The van der Waals surface area contributed by atoms with E-state index in [-0.39, 0.29) is 11.8 Å². The largest absolute Gasteiger partial charge is 0.416 e. The first-order valence-corrected chi connectivity index (χ1v) is 7.92. The Balaban J connectivity index is 1.74. The second kappa shape index (κ2) is 7.47. The highest BCUT2D eigenvalue weighted by atomic mass is 35.5. The summed E-state index contributed by atoms with van der Waals surface area (Å²) in [6, 6.07) is 7.00. The number of halogens is 1. The molecule has 0 saturated carbocycles. The van der Waals surface area contributed by atoms with Crippen molar-refractivity contribution in [3.63, 3.8) is 0 Å². The van der Waals surface area contributed by atoms with E-state index in [4.69, 9.17) is 16.0 Å². The van der Waals surface area contributed by atoms with Gasteiger partial charge in [-0.3, -0.25) is 4.79 Å². The lowest BCUT2D eigenvalue weighted by Crippen LogP contribution is -2.11. The number of amides is 1. The van der Waals surface area contributed by atoms with Crippen molar-refractivity contribution in [2.24, 2.45) is 0 Å². The third-order valence-corrected chi connectivity index (χ3v) is 3.67. The van der Waals surface area contributed by atoms with E-state index >= 15 is 0 Å². The number of nitrogens with one attached hydrogen (secondary N) is 1. The zero-order valence-corrected chi connectivity index (χ0v) is 13.4. The van der Waals surface area contributed by atoms with Gasteiger partial charge < -0.3 is 9.73 Å². The molecule has 0 fully saturated rings. The fourth-order valence-corrected chi connectivity index (χ4v) is 2.33. The van der Waals surface area contributed by atoms with Gasteiger partial charge in [0.25, 0.3) is 5.22 Å². The van der Waals surface area contributed by atoms with Gasteiger partial charge in [-0.05, 0) is 24.3 Å². The first kappa shape index (κ1) is 15.9. The number of carbonyl (C=O) groups is 1. The molecular weight excluding hydrogens is 310 g/mol. The summed E-state index contributed by atoms with van der Waals surface area (Å²) in [4.78, 5) is 11.8. The molecule has 2 aromatic rings. The quantitative estimate of drug-likeness (QED) is 0.814. The average Bonchev–Trinajstić information content (AvgIpc) is 2.90. The highest BCUT2D eigenvalue weighted by Gasteiger charge is 2.10.